The minimum Gasteiger partial charge on any atom is -0.494 e. The molecule has 0 unspecified atom stereocenters. The van der Waals surface area contributed by atoms with E-state index in [4.69, 9.17) is 20.5 Å². The van der Waals surface area contributed by atoms with Crippen molar-refractivity contribution >= 4 is 11.4 Å². The van der Waals surface area contributed by atoms with E-state index < -0.39 is 10.5 Å². The lowest BCUT2D eigenvalue weighted by Gasteiger charge is -2.08. The SMILES string of the molecule is CCOc1ccc(NC(C#N)=C(C#N)C#N)c([N+](=O)[O-])c1. The average Bonchev–Trinajstić information content (AvgIpc) is 2.48. The van der Waals surface area contributed by atoms with Crippen LogP contribution in [0.2, 0.25) is 0 Å². The Morgan fingerprint density at radius 3 is 2.48 bits per heavy atom. The molecule has 0 radical (unpaired) electrons. The van der Waals surface area contributed by atoms with Crippen molar-refractivity contribution in [3.63, 3.8) is 0 Å². The smallest absolute Gasteiger partial charge is 0.296 e. The molecule has 0 fully saturated rings. The zero-order valence-corrected chi connectivity index (χ0v) is 11.0. The first-order valence-corrected chi connectivity index (χ1v) is 5.70. The first-order valence-electron chi connectivity index (χ1n) is 5.70. The van der Waals surface area contributed by atoms with Gasteiger partial charge in [-0.15, -0.1) is 0 Å². The van der Waals surface area contributed by atoms with Crippen LogP contribution in [-0.4, -0.2) is 11.5 Å². The predicted molar refractivity (Wildman–Crippen MR) is 71.8 cm³/mol. The number of nitrogens with zero attached hydrogens (tertiary/aromatic N) is 4. The van der Waals surface area contributed by atoms with E-state index in [0.717, 1.165) is 0 Å². The molecule has 0 aromatic heterocycles. The van der Waals surface area contributed by atoms with Crippen molar-refractivity contribution in [2.45, 2.75) is 6.92 Å². The third kappa shape index (κ3) is 3.69. The lowest BCUT2D eigenvalue weighted by molar-refractivity contribution is -0.384. The number of ether oxygens (including phenoxy) is 1. The number of rotatable bonds is 5. The lowest BCUT2D eigenvalue weighted by Crippen LogP contribution is -2.04. The number of nitro groups is 1. The summed E-state index contributed by atoms with van der Waals surface area (Å²) < 4.78 is 5.16. The molecule has 0 aliphatic carbocycles. The first-order chi connectivity index (χ1) is 10.1. The topological polar surface area (TPSA) is 136 Å². The van der Waals surface area contributed by atoms with Gasteiger partial charge in [0.1, 0.15) is 35.3 Å². The van der Waals surface area contributed by atoms with E-state index in [2.05, 4.69) is 5.32 Å². The number of anilines is 1. The van der Waals surface area contributed by atoms with Crippen LogP contribution in [0.25, 0.3) is 0 Å². The summed E-state index contributed by atoms with van der Waals surface area (Å²) in [5.41, 5.74) is -1.15. The van der Waals surface area contributed by atoms with Gasteiger partial charge in [0.05, 0.1) is 17.6 Å². The number of nitriles is 3. The maximum atomic E-state index is 11.0. The summed E-state index contributed by atoms with van der Waals surface area (Å²) in [5, 5.41) is 39.8. The molecule has 0 bridgehead atoms. The van der Waals surface area contributed by atoms with E-state index in [-0.39, 0.29) is 17.1 Å². The molecule has 8 heteroatoms. The van der Waals surface area contributed by atoms with Crippen molar-refractivity contribution in [1.82, 2.24) is 0 Å². The zero-order chi connectivity index (χ0) is 15.8. The van der Waals surface area contributed by atoms with Crippen LogP contribution in [0.1, 0.15) is 6.92 Å². The zero-order valence-electron chi connectivity index (χ0n) is 11.0. The van der Waals surface area contributed by atoms with Gasteiger partial charge in [0.25, 0.3) is 5.69 Å². The fraction of sp³-hybridized carbons (Fsp3) is 0.154. The second-order valence-electron chi connectivity index (χ2n) is 3.58. The summed E-state index contributed by atoms with van der Waals surface area (Å²) >= 11 is 0. The summed E-state index contributed by atoms with van der Waals surface area (Å²) in [4.78, 5) is 10.4. The van der Waals surface area contributed by atoms with Crippen LogP contribution in [-0.2, 0) is 0 Å². The molecule has 1 rings (SSSR count). The molecule has 0 aliphatic heterocycles. The molecular weight excluding hydrogens is 274 g/mol. The van der Waals surface area contributed by atoms with Crippen LogP contribution in [0.15, 0.2) is 29.5 Å². The van der Waals surface area contributed by atoms with Gasteiger partial charge in [-0.1, -0.05) is 0 Å². The van der Waals surface area contributed by atoms with Crippen molar-refractivity contribution in [3.05, 3.63) is 39.6 Å². The van der Waals surface area contributed by atoms with Gasteiger partial charge in [-0.05, 0) is 19.1 Å². The second-order valence-corrected chi connectivity index (χ2v) is 3.58. The Bertz CT molecular complexity index is 703. The molecule has 0 atom stereocenters. The quantitative estimate of drug-likeness (QED) is 0.497. The van der Waals surface area contributed by atoms with Gasteiger partial charge in [-0.2, -0.15) is 15.8 Å². The largest absolute Gasteiger partial charge is 0.494 e. The summed E-state index contributed by atoms with van der Waals surface area (Å²) in [6.45, 7) is 2.08. The van der Waals surface area contributed by atoms with E-state index in [1.54, 1.807) is 25.1 Å². The maximum Gasteiger partial charge on any atom is 0.296 e. The number of hydrogen-bond donors (Lipinski definition) is 1. The van der Waals surface area contributed by atoms with Crippen LogP contribution < -0.4 is 10.1 Å². The maximum absolute atomic E-state index is 11.0. The highest BCUT2D eigenvalue weighted by atomic mass is 16.6. The van der Waals surface area contributed by atoms with Gasteiger partial charge < -0.3 is 10.1 Å². The molecule has 8 nitrogen and oxygen atoms in total. The van der Waals surface area contributed by atoms with Crippen molar-refractivity contribution in [2.24, 2.45) is 0 Å². The van der Waals surface area contributed by atoms with Crippen molar-refractivity contribution in [1.29, 1.82) is 15.8 Å². The normalized spacial score (nSPS) is 8.67. The second kappa shape index (κ2) is 7.13. The summed E-state index contributed by atoms with van der Waals surface area (Å²) in [6, 6.07) is 8.72. The molecular formula is C13H9N5O3. The Kier molecular flexibility index (Phi) is 5.26. The molecule has 0 saturated carbocycles. The lowest BCUT2D eigenvalue weighted by atomic mass is 10.2. The van der Waals surface area contributed by atoms with E-state index in [1.807, 2.05) is 0 Å². The highest BCUT2D eigenvalue weighted by Crippen LogP contribution is 2.30. The molecule has 104 valence electrons. The Balaban J connectivity index is 3.30. The van der Waals surface area contributed by atoms with Crippen LogP contribution >= 0.6 is 0 Å². The van der Waals surface area contributed by atoms with Gasteiger partial charge in [-0.3, -0.25) is 10.1 Å². The minimum atomic E-state index is -0.654. The van der Waals surface area contributed by atoms with Gasteiger partial charge in [0.15, 0.2) is 5.57 Å². The van der Waals surface area contributed by atoms with E-state index in [1.165, 1.54) is 18.2 Å². The summed E-state index contributed by atoms with van der Waals surface area (Å²) in [7, 11) is 0. The van der Waals surface area contributed by atoms with Crippen LogP contribution in [0.3, 0.4) is 0 Å². The Morgan fingerprint density at radius 2 is 2.00 bits per heavy atom. The molecule has 0 spiro atoms. The van der Waals surface area contributed by atoms with E-state index >= 15 is 0 Å². The molecule has 0 amide bonds. The van der Waals surface area contributed by atoms with Crippen molar-refractivity contribution < 1.29 is 9.66 Å². The number of allylic oxidation sites excluding steroid dienone is 2. The fourth-order valence-corrected chi connectivity index (χ4v) is 1.44. The molecule has 1 aromatic carbocycles. The number of hydrogen-bond acceptors (Lipinski definition) is 7. The van der Waals surface area contributed by atoms with Crippen LogP contribution in [0, 0.1) is 44.1 Å². The number of nitro benzene ring substituents is 1. The van der Waals surface area contributed by atoms with Gasteiger partial charge in [-0.25, -0.2) is 0 Å². The first kappa shape index (κ1) is 15.5. The third-order valence-corrected chi connectivity index (χ3v) is 2.32. The number of nitrogens with one attached hydrogen (secondary N) is 1. The van der Waals surface area contributed by atoms with Gasteiger partial charge in [0.2, 0.25) is 0 Å². The Morgan fingerprint density at radius 1 is 1.33 bits per heavy atom. The van der Waals surface area contributed by atoms with E-state index in [0.29, 0.717) is 12.4 Å². The van der Waals surface area contributed by atoms with Crippen molar-refractivity contribution in [2.75, 3.05) is 11.9 Å². The monoisotopic (exact) mass is 283 g/mol. The highest BCUT2D eigenvalue weighted by molar-refractivity contribution is 5.69. The highest BCUT2D eigenvalue weighted by Gasteiger charge is 2.17. The molecule has 0 heterocycles. The molecule has 1 aromatic rings. The van der Waals surface area contributed by atoms with Gasteiger partial charge >= 0.3 is 0 Å². The average molecular weight is 283 g/mol. The fourth-order valence-electron chi connectivity index (χ4n) is 1.44. The predicted octanol–water partition coefficient (Wildman–Crippen LogP) is 2.23. The van der Waals surface area contributed by atoms with E-state index in [9.17, 15) is 10.1 Å². The third-order valence-electron chi connectivity index (χ3n) is 2.32. The molecule has 1 N–H and O–H groups in total. The minimum absolute atomic E-state index is 0.0111. The Labute approximate surface area is 120 Å². The number of benzene rings is 1. The standard InChI is InChI=1S/C13H9N5O3/c1-2-21-10-3-4-11(13(5-10)18(19)20)17-12(8-16)9(6-14)7-15/h3-5,17H,2H2,1H3. The van der Waals surface area contributed by atoms with Crippen LogP contribution in [0.4, 0.5) is 11.4 Å². The summed E-state index contributed by atoms with van der Waals surface area (Å²) in [5.74, 6) is 0.304. The molecule has 0 saturated heterocycles. The Hall–Kier alpha value is -3.57. The van der Waals surface area contributed by atoms with Crippen molar-refractivity contribution in [3.8, 4) is 24.0 Å². The van der Waals surface area contributed by atoms with Gasteiger partial charge in [0, 0.05) is 0 Å². The van der Waals surface area contributed by atoms with Crippen LogP contribution in [0.5, 0.6) is 5.75 Å². The molecule has 0 aliphatic rings. The summed E-state index contributed by atoms with van der Waals surface area (Å²) in [6.07, 6.45) is 0. The molecule has 21 heavy (non-hydrogen) atoms.